The summed E-state index contributed by atoms with van der Waals surface area (Å²) in [6.45, 7) is -1.85. The molecule has 0 spiro atoms. The summed E-state index contributed by atoms with van der Waals surface area (Å²) < 4.78 is 34.3. The highest BCUT2D eigenvalue weighted by atomic mass is 19.3. The summed E-state index contributed by atoms with van der Waals surface area (Å²) in [7, 11) is 1.39. The van der Waals surface area contributed by atoms with E-state index in [1.807, 2.05) is 11.0 Å². The van der Waals surface area contributed by atoms with Crippen LogP contribution in [0, 0.1) is 11.3 Å². The predicted octanol–water partition coefficient (Wildman–Crippen LogP) is 2.29. The molecular weight excluding hydrogens is 332 g/mol. The average Bonchev–Trinajstić information content (AvgIpc) is 3.40. The van der Waals surface area contributed by atoms with Gasteiger partial charge in [0.2, 0.25) is 5.91 Å². The van der Waals surface area contributed by atoms with E-state index in [4.69, 9.17) is 10.00 Å². The Labute approximate surface area is 145 Å². The largest absolute Gasteiger partial charge is 0.493 e. The highest BCUT2D eigenvalue weighted by molar-refractivity contribution is 5.78. The van der Waals surface area contributed by atoms with Gasteiger partial charge in [0.25, 0.3) is 0 Å². The third-order valence-electron chi connectivity index (χ3n) is 3.80. The lowest BCUT2D eigenvalue weighted by molar-refractivity contribution is -0.122. The Kier molecular flexibility index (Phi) is 6.95. The molecule has 25 heavy (non-hydrogen) atoms. The zero-order valence-corrected chi connectivity index (χ0v) is 14.0. The fourth-order valence-electron chi connectivity index (χ4n) is 2.49. The molecule has 0 radical (unpaired) electrons. The van der Waals surface area contributed by atoms with Gasteiger partial charge in [0.15, 0.2) is 11.5 Å². The van der Waals surface area contributed by atoms with Gasteiger partial charge in [0, 0.05) is 19.1 Å². The molecule has 8 heteroatoms. The van der Waals surface area contributed by atoms with E-state index in [9.17, 15) is 13.6 Å². The number of hydrogen-bond donors (Lipinski definition) is 1. The zero-order chi connectivity index (χ0) is 18.2. The van der Waals surface area contributed by atoms with E-state index >= 15 is 0 Å². The summed E-state index contributed by atoms with van der Waals surface area (Å²) in [5.74, 6) is 0.0762. The molecule has 1 aliphatic carbocycles. The van der Waals surface area contributed by atoms with Gasteiger partial charge in [-0.05, 0) is 30.5 Å². The number of carbonyl (C=O) groups excluding carboxylic acids is 1. The lowest BCUT2D eigenvalue weighted by atomic mass is 10.2. The topological polar surface area (TPSA) is 74.6 Å². The number of ether oxygens (including phenoxy) is 2. The summed E-state index contributed by atoms with van der Waals surface area (Å²) >= 11 is 0. The Morgan fingerprint density at radius 3 is 2.80 bits per heavy atom. The number of amides is 1. The molecule has 0 bridgehead atoms. The standard InChI is InChI=1S/C17H21F2N3O3/c1-24-15-9-12(3-6-14(15)25-17(18)19)10-22(13-4-5-13)11-16(23)21-8-2-7-20/h3,6,9,13,17H,2,4-5,8,10-11H2,1H3,(H,21,23). The van der Waals surface area contributed by atoms with Crippen LogP contribution in [0.15, 0.2) is 18.2 Å². The molecule has 6 nitrogen and oxygen atoms in total. The van der Waals surface area contributed by atoms with Crippen LogP contribution in [-0.4, -0.2) is 43.7 Å². The number of methoxy groups -OCH3 is 1. The number of hydrogen-bond acceptors (Lipinski definition) is 5. The third-order valence-corrected chi connectivity index (χ3v) is 3.80. The maximum Gasteiger partial charge on any atom is 0.387 e. The maximum atomic E-state index is 12.4. The van der Waals surface area contributed by atoms with Crippen molar-refractivity contribution in [3.8, 4) is 17.6 Å². The van der Waals surface area contributed by atoms with Crippen molar-refractivity contribution in [1.29, 1.82) is 5.26 Å². The van der Waals surface area contributed by atoms with Crippen LogP contribution >= 0.6 is 0 Å². The smallest absolute Gasteiger partial charge is 0.387 e. The number of rotatable bonds is 10. The van der Waals surface area contributed by atoms with Crippen LogP contribution in [0.5, 0.6) is 11.5 Å². The van der Waals surface area contributed by atoms with E-state index in [-0.39, 0.29) is 30.4 Å². The monoisotopic (exact) mass is 353 g/mol. The Morgan fingerprint density at radius 1 is 1.44 bits per heavy atom. The van der Waals surface area contributed by atoms with Crippen LogP contribution in [0.1, 0.15) is 24.8 Å². The Morgan fingerprint density at radius 2 is 2.20 bits per heavy atom. The number of nitriles is 1. The second-order valence-corrected chi connectivity index (χ2v) is 5.76. The zero-order valence-electron chi connectivity index (χ0n) is 14.0. The minimum atomic E-state index is -2.92. The normalized spacial score (nSPS) is 13.6. The van der Waals surface area contributed by atoms with E-state index in [1.165, 1.54) is 13.2 Å². The molecule has 0 heterocycles. The number of halogens is 2. The van der Waals surface area contributed by atoms with E-state index in [2.05, 4.69) is 10.1 Å². The summed E-state index contributed by atoms with van der Waals surface area (Å²) in [5, 5.41) is 11.2. The second kappa shape index (κ2) is 9.18. The summed E-state index contributed by atoms with van der Waals surface area (Å²) in [5.41, 5.74) is 0.843. The van der Waals surface area contributed by atoms with Crippen molar-refractivity contribution in [3.63, 3.8) is 0 Å². The molecule has 0 saturated heterocycles. The molecule has 1 fully saturated rings. The molecule has 0 atom stereocenters. The molecule has 1 aliphatic rings. The highest BCUT2D eigenvalue weighted by Crippen LogP contribution is 2.32. The number of alkyl halides is 2. The molecule has 0 aliphatic heterocycles. The minimum absolute atomic E-state index is 0.0199. The van der Waals surface area contributed by atoms with Crippen LogP contribution in [0.4, 0.5) is 8.78 Å². The fraction of sp³-hybridized carbons (Fsp3) is 0.529. The van der Waals surface area contributed by atoms with Crippen LogP contribution in [0.2, 0.25) is 0 Å². The number of carbonyl (C=O) groups is 1. The van der Waals surface area contributed by atoms with Crippen LogP contribution in [0.3, 0.4) is 0 Å². The molecule has 1 N–H and O–H groups in total. The van der Waals surface area contributed by atoms with Crippen molar-refractivity contribution >= 4 is 5.91 Å². The molecule has 0 unspecified atom stereocenters. The quantitative estimate of drug-likeness (QED) is 0.653. The third kappa shape index (κ3) is 6.19. The Hall–Kier alpha value is -2.40. The first kappa shape index (κ1) is 18.9. The molecule has 136 valence electrons. The van der Waals surface area contributed by atoms with Gasteiger partial charge >= 0.3 is 6.61 Å². The number of benzene rings is 1. The SMILES string of the molecule is COc1cc(CN(CC(=O)NCCC#N)C2CC2)ccc1OC(F)F. The van der Waals surface area contributed by atoms with Gasteiger partial charge in [-0.25, -0.2) is 0 Å². The average molecular weight is 353 g/mol. The number of nitrogens with zero attached hydrogens (tertiary/aromatic N) is 2. The lowest BCUT2D eigenvalue weighted by Gasteiger charge is -2.22. The van der Waals surface area contributed by atoms with Gasteiger partial charge in [-0.2, -0.15) is 14.0 Å². The predicted molar refractivity (Wildman–Crippen MR) is 86.3 cm³/mol. The van der Waals surface area contributed by atoms with Crippen molar-refractivity contribution in [2.45, 2.75) is 38.5 Å². The summed E-state index contributed by atoms with van der Waals surface area (Å²) in [6, 6.07) is 7.08. The first-order valence-electron chi connectivity index (χ1n) is 8.03. The van der Waals surface area contributed by atoms with Crippen molar-refractivity contribution in [2.24, 2.45) is 0 Å². The van der Waals surface area contributed by atoms with Gasteiger partial charge in [0.05, 0.1) is 26.1 Å². The van der Waals surface area contributed by atoms with Crippen LogP contribution in [-0.2, 0) is 11.3 Å². The van der Waals surface area contributed by atoms with E-state index in [1.54, 1.807) is 12.1 Å². The van der Waals surface area contributed by atoms with Gasteiger partial charge < -0.3 is 14.8 Å². The van der Waals surface area contributed by atoms with Crippen molar-refractivity contribution in [1.82, 2.24) is 10.2 Å². The van der Waals surface area contributed by atoms with E-state index in [0.29, 0.717) is 19.1 Å². The number of nitrogens with one attached hydrogen (secondary N) is 1. The molecule has 1 amide bonds. The van der Waals surface area contributed by atoms with Crippen molar-refractivity contribution < 1.29 is 23.0 Å². The van der Waals surface area contributed by atoms with Gasteiger partial charge in [-0.3, -0.25) is 9.69 Å². The molecule has 1 aromatic rings. The summed E-state index contributed by atoms with van der Waals surface area (Å²) in [4.78, 5) is 14.0. The molecular formula is C17H21F2N3O3. The fourth-order valence-corrected chi connectivity index (χ4v) is 2.49. The van der Waals surface area contributed by atoms with E-state index in [0.717, 1.165) is 18.4 Å². The van der Waals surface area contributed by atoms with Gasteiger partial charge in [-0.15, -0.1) is 0 Å². The first-order valence-corrected chi connectivity index (χ1v) is 8.03. The Balaban J connectivity index is 1.99. The van der Waals surface area contributed by atoms with Crippen molar-refractivity contribution in [3.05, 3.63) is 23.8 Å². The summed E-state index contributed by atoms with van der Waals surface area (Å²) in [6.07, 6.45) is 2.32. The highest BCUT2D eigenvalue weighted by Gasteiger charge is 2.30. The Bertz CT molecular complexity index is 630. The lowest BCUT2D eigenvalue weighted by Crippen LogP contribution is -2.38. The molecule has 1 saturated carbocycles. The first-order chi connectivity index (χ1) is 12.0. The molecule has 0 aromatic heterocycles. The van der Waals surface area contributed by atoms with Gasteiger partial charge in [0.1, 0.15) is 0 Å². The molecule has 2 rings (SSSR count). The minimum Gasteiger partial charge on any atom is -0.493 e. The van der Waals surface area contributed by atoms with Crippen LogP contribution < -0.4 is 14.8 Å². The molecule has 1 aromatic carbocycles. The van der Waals surface area contributed by atoms with Gasteiger partial charge in [-0.1, -0.05) is 6.07 Å². The second-order valence-electron chi connectivity index (χ2n) is 5.76. The van der Waals surface area contributed by atoms with Crippen molar-refractivity contribution in [2.75, 3.05) is 20.2 Å². The maximum absolute atomic E-state index is 12.4. The van der Waals surface area contributed by atoms with Crippen LogP contribution in [0.25, 0.3) is 0 Å². The van der Waals surface area contributed by atoms with E-state index < -0.39 is 6.61 Å².